The van der Waals surface area contributed by atoms with Crippen molar-refractivity contribution in [3.8, 4) is 11.5 Å². The molecule has 0 saturated carbocycles. The number of anilines is 1. The molecule has 0 bridgehead atoms. The fourth-order valence-electron chi connectivity index (χ4n) is 11.0. The van der Waals surface area contributed by atoms with Crippen molar-refractivity contribution in [3.05, 3.63) is 44.6 Å². The standard InChI is InChI=1S/C58H78N12O16/c1-25(2)40-55(80)69-21-15-17-34(69)53(78)65(11)23-36(71)67(13)29(7)57(82)84-31(9)42(51(76)61-40)63-49(74)33-20-19-27(5)47-44(33)60-45-38(39(59)46(73)28(6)48(45)86-47)50(75)64-43-32(10)85-58(83)30(8)68(14)37(72)24-66(12)54(79)35-18-16-22-70(35)56(81)41(26(3)4)62-52(43)77/h19-20,25-26,29-32,34-35,40-43H,15-18,21-24,59H2,1-14H3,(H,61,76)(H,62,77)(H,63,74)(H,64,75). The summed E-state index contributed by atoms with van der Waals surface area (Å²) in [5.74, 6) is -11.3. The van der Waals surface area contributed by atoms with Crippen molar-refractivity contribution in [2.45, 2.75) is 155 Å². The molecule has 10 unspecified atom stereocenters. The van der Waals surface area contributed by atoms with Crippen LogP contribution in [0.25, 0.3) is 22.6 Å². The van der Waals surface area contributed by atoms with Gasteiger partial charge in [0.1, 0.15) is 71.8 Å². The second kappa shape index (κ2) is 25.9. The predicted octanol–water partition coefficient (Wildman–Crippen LogP) is -0.547. The Balaban J connectivity index is 1.30. The monoisotopic (exact) mass is 1200 g/mol. The number of hydrogen-bond acceptors (Lipinski definition) is 18. The zero-order valence-electron chi connectivity index (χ0n) is 51.0. The largest absolute Gasteiger partial charge is 0.458 e. The second-order valence-electron chi connectivity index (χ2n) is 23.5. The summed E-state index contributed by atoms with van der Waals surface area (Å²) in [5.41, 5.74) is 3.50. The molecule has 5 aliphatic heterocycles. The van der Waals surface area contributed by atoms with E-state index in [1.807, 2.05) is 0 Å². The fraction of sp³-hybridized carbons (Fsp3) is 0.586. The third-order valence-electron chi connectivity index (χ3n) is 16.8. The van der Waals surface area contributed by atoms with Crippen LogP contribution >= 0.6 is 0 Å². The number of carbonyl (C=O) groups excluding carboxylic acids is 12. The lowest BCUT2D eigenvalue weighted by Crippen LogP contribution is -2.61. The molecule has 10 atom stereocenters. The number of hydrogen-bond donors (Lipinski definition) is 5. The quantitative estimate of drug-likeness (QED) is 0.117. The van der Waals surface area contributed by atoms with Gasteiger partial charge < -0.3 is 70.3 Å². The zero-order valence-corrected chi connectivity index (χ0v) is 51.0. The van der Waals surface area contributed by atoms with Crippen LogP contribution in [0.5, 0.6) is 0 Å². The number of ether oxygens (including phenoxy) is 2. The summed E-state index contributed by atoms with van der Waals surface area (Å²) in [6.07, 6.45) is -1.62. The highest BCUT2D eigenvalue weighted by atomic mass is 16.6. The molecule has 1 aromatic rings. The molecule has 28 heteroatoms. The summed E-state index contributed by atoms with van der Waals surface area (Å²) in [7, 11) is 5.47. The Morgan fingerprint density at radius 1 is 0.640 bits per heavy atom. The van der Waals surface area contributed by atoms with Gasteiger partial charge in [-0.3, -0.25) is 52.7 Å². The van der Waals surface area contributed by atoms with E-state index in [0.29, 0.717) is 18.4 Å². The van der Waals surface area contributed by atoms with E-state index in [9.17, 15) is 57.5 Å². The minimum Gasteiger partial charge on any atom is -0.458 e. The molecule has 1 aliphatic carbocycles. The summed E-state index contributed by atoms with van der Waals surface area (Å²) >= 11 is 0. The number of nitrogen functional groups attached to an aromatic ring is 1. The number of likely N-dealkylation sites (N-methyl/N-ethyl adjacent to an activating group) is 4. The fourth-order valence-corrected chi connectivity index (χ4v) is 11.0. The van der Waals surface area contributed by atoms with Crippen LogP contribution < -0.4 is 32.4 Å². The Labute approximate surface area is 496 Å². The number of aryl methyl sites for hydroxylation is 1. The van der Waals surface area contributed by atoms with Crippen molar-refractivity contribution in [1.29, 1.82) is 0 Å². The number of nitrogens with two attached hydrogens (primary N) is 1. The van der Waals surface area contributed by atoms with Gasteiger partial charge in [-0.05, 0) is 90.7 Å². The lowest BCUT2D eigenvalue weighted by Gasteiger charge is -2.35. The van der Waals surface area contributed by atoms with Gasteiger partial charge in [-0.2, -0.15) is 0 Å². The number of esters is 2. The lowest BCUT2D eigenvalue weighted by atomic mass is 9.98. The van der Waals surface area contributed by atoms with E-state index in [4.69, 9.17) is 24.6 Å². The number of aromatic nitrogens is 1. The third kappa shape index (κ3) is 12.8. The summed E-state index contributed by atoms with van der Waals surface area (Å²) in [6, 6.07) is -7.90. The average molecular weight is 1200 g/mol. The molecule has 6 N–H and O–H groups in total. The Kier molecular flexibility index (Phi) is 19.5. The van der Waals surface area contributed by atoms with Gasteiger partial charge in [0.15, 0.2) is 11.3 Å². The molecule has 4 saturated heterocycles. The van der Waals surface area contributed by atoms with Gasteiger partial charge in [-0.1, -0.05) is 33.8 Å². The smallest absolute Gasteiger partial charge is 0.328 e. The normalized spacial score (nSPS) is 26.7. The van der Waals surface area contributed by atoms with Crippen molar-refractivity contribution in [2.24, 2.45) is 11.8 Å². The molecule has 86 heavy (non-hydrogen) atoms. The average Bonchev–Trinajstić information content (AvgIpc) is 0.917. The zero-order chi connectivity index (χ0) is 63.8. The number of fused-ring (bicyclic) bond motifs is 4. The van der Waals surface area contributed by atoms with Gasteiger partial charge in [0, 0.05) is 46.8 Å². The highest BCUT2D eigenvalue weighted by Crippen LogP contribution is 2.35. The maximum absolute atomic E-state index is 15.0. The number of cyclic esters (lactones) is 2. The third-order valence-corrected chi connectivity index (χ3v) is 16.8. The number of nitrogens with one attached hydrogen (secondary N) is 4. The van der Waals surface area contributed by atoms with Crippen LogP contribution in [0.2, 0.25) is 0 Å². The topological polar surface area (TPSA) is 360 Å². The number of nitrogens with zero attached hydrogens (tertiary/aromatic N) is 7. The van der Waals surface area contributed by atoms with E-state index in [1.165, 1.54) is 94.5 Å². The molecular weight excluding hydrogens is 1120 g/mol. The van der Waals surface area contributed by atoms with Gasteiger partial charge in [0.25, 0.3) is 11.8 Å². The Morgan fingerprint density at radius 3 is 1.50 bits per heavy atom. The summed E-state index contributed by atoms with van der Waals surface area (Å²) in [4.78, 5) is 196. The molecule has 0 spiro atoms. The van der Waals surface area contributed by atoms with Gasteiger partial charge in [0.05, 0.1) is 29.9 Å². The molecule has 5 heterocycles. The molecule has 0 aromatic heterocycles. The van der Waals surface area contributed by atoms with E-state index in [0.717, 1.165) is 9.80 Å². The molecule has 0 radical (unpaired) electrons. The van der Waals surface area contributed by atoms with Crippen molar-refractivity contribution in [3.63, 3.8) is 0 Å². The summed E-state index contributed by atoms with van der Waals surface area (Å²) in [6.45, 7) is 14.4. The minimum atomic E-state index is -1.87. The lowest BCUT2D eigenvalue weighted by molar-refractivity contribution is -0.161. The van der Waals surface area contributed by atoms with Crippen LogP contribution in [0, 0.1) is 25.7 Å². The highest BCUT2D eigenvalue weighted by molar-refractivity contribution is 6.10. The van der Waals surface area contributed by atoms with Crippen LogP contribution in [0.1, 0.15) is 113 Å². The van der Waals surface area contributed by atoms with Crippen molar-refractivity contribution < 1.29 is 71.4 Å². The van der Waals surface area contributed by atoms with Crippen LogP contribution in [0.4, 0.5) is 5.69 Å². The highest BCUT2D eigenvalue weighted by Gasteiger charge is 2.45. The molecule has 6 aliphatic rings. The Morgan fingerprint density at radius 2 is 1.07 bits per heavy atom. The van der Waals surface area contributed by atoms with Crippen molar-refractivity contribution in [1.82, 2.24) is 55.7 Å². The second-order valence-corrected chi connectivity index (χ2v) is 23.5. The Hall–Kier alpha value is -8.72. The van der Waals surface area contributed by atoms with Crippen molar-refractivity contribution in [2.75, 3.05) is 60.1 Å². The first-order valence-corrected chi connectivity index (χ1v) is 28.7. The van der Waals surface area contributed by atoms with E-state index in [1.54, 1.807) is 34.6 Å². The molecule has 10 amide bonds. The van der Waals surface area contributed by atoms with Crippen LogP contribution in [-0.2, 0) is 57.4 Å². The number of carbonyl (C=O) groups is 12. The molecule has 1 aromatic carbocycles. The van der Waals surface area contributed by atoms with Crippen molar-refractivity contribution >= 4 is 87.8 Å². The minimum absolute atomic E-state index is 0.0777. The maximum atomic E-state index is 15.0. The van der Waals surface area contributed by atoms with E-state index in [-0.39, 0.29) is 53.9 Å². The van der Waals surface area contributed by atoms with Gasteiger partial charge in [-0.15, -0.1) is 0 Å². The summed E-state index contributed by atoms with van der Waals surface area (Å²) in [5, 5.41) is 10.6. The maximum Gasteiger partial charge on any atom is 0.328 e. The van der Waals surface area contributed by atoms with Gasteiger partial charge >= 0.3 is 11.9 Å². The van der Waals surface area contributed by atoms with E-state index >= 15 is 4.79 Å². The number of rotatable bonds is 6. The first kappa shape index (κ1) is 64.8. The molecule has 7 rings (SSSR count). The molecule has 28 nitrogen and oxygen atoms in total. The van der Waals surface area contributed by atoms with Crippen LogP contribution in [-0.4, -0.2) is 220 Å². The number of benzene rings is 2. The van der Waals surface area contributed by atoms with E-state index < -0.39 is 179 Å². The first-order chi connectivity index (χ1) is 40.3. The van der Waals surface area contributed by atoms with E-state index in [2.05, 4.69) is 21.3 Å². The molecule has 4 fully saturated rings. The van der Waals surface area contributed by atoms with Crippen LogP contribution in [0.3, 0.4) is 0 Å². The Bertz CT molecular complexity index is 3310. The van der Waals surface area contributed by atoms with Gasteiger partial charge in [0.2, 0.25) is 52.7 Å². The predicted molar refractivity (Wildman–Crippen MR) is 307 cm³/mol. The van der Waals surface area contributed by atoms with Gasteiger partial charge in [-0.25, -0.2) is 14.6 Å². The number of amides is 10. The molecular formula is C58H78N12O16. The SMILES string of the molecule is Cc1c2oc3c(C)ccc(C(=O)NC4C(=O)NC(C(C)C)C(=O)N5CCCC5C(=O)N(C)CC(=O)N(C)C(C)C(=O)OC4C)c3nc-2c(C(=O)NC2C(=O)NC(C(C)C)C(=O)N3CCCC3C(=O)N(C)CC(=O)N(C)C(C)C(=O)OC2C)c(N)c1=O. The molecule has 466 valence electrons. The summed E-state index contributed by atoms with van der Waals surface area (Å²) < 4.78 is 17.9. The first-order valence-electron chi connectivity index (χ1n) is 28.7. The van der Waals surface area contributed by atoms with Crippen LogP contribution in [0.15, 0.2) is 21.3 Å².